The Morgan fingerprint density at radius 2 is 2.10 bits per heavy atom. The van der Waals surface area contributed by atoms with E-state index in [9.17, 15) is 0 Å². The van der Waals surface area contributed by atoms with Gasteiger partial charge in [0.15, 0.2) is 5.58 Å². The fourth-order valence-electron chi connectivity index (χ4n) is 2.31. The minimum absolute atomic E-state index is 0.138. The van der Waals surface area contributed by atoms with Gasteiger partial charge >= 0.3 is 0 Å². The predicted molar refractivity (Wildman–Crippen MR) is 82.6 cm³/mol. The summed E-state index contributed by atoms with van der Waals surface area (Å²) in [5, 5.41) is 3.41. The van der Waals surface area contributed by atoms with Gasteiger partial charge in [-0.2, -0.15) is 0 Å². The van der Waals surface area contributed by atoms with Crippen LogP contribution in [0.3, 0.4) is 0 Å². The molecule has 0 aliphatic carbocycles. The third-order valence-corrected chi connectivity index (χ3v) is 3.59. The summed E-state index contributed by atoms with van der Waals surface area (Å²) in [7, 11) is 3.38. The largest absolute Gasteiger partial charge is 0.497 e. The van der Waals surface area contributed by atoms with E-state index in [0.29, 0.717) is 18.5 Å². The Hall–Kier alpha value is -1.59. The van der Waals surface area contributed by atoms with Gasteiger partial charge in [-0.05, 0) is 39.3 Å². The van der Waals surface area contributed by atoms with E-state index in [1.807, 2.05) is 18.2 Å². The molecule has 1 atom stereocenters. The first kappa shape index (κ1) is 15.8. The van der Waals surface area contributed by atoms with Gasteiger partial charge < -0.3 is 19.2 Å². The highest BCUT2D eigenvalue weighted by molar-refractivity contribution is 5.74. The second-order valence-electron chi connectivity index (χ2n) is 5.89. The van der Waals surface area contributed by atoms with Crippen LogP contribution in [0.15, 0.2) is 22.6 Å². The Balaban J connectivity index is 1.97. The van der Waals surface area contributed by atoms with E-state index in [4.69, 9.17) is 13.9 Å². The van der Waals surface area contributed by atoms with Gasteiger partial charge in [-0.15, -0.1) is 0 Å². The normalized spacial score (nSPS) is 13.6. The fraction of sp³-hybridized carbons (Fsp3) is 0.562. The number of hydrogen-bond acceptors (Lipinski definition) is 5. The van der Waals surface area contributed by atoms with Crippen LogP contribution in [0.4, 0.5) is 0 Å². The maximum atomic E-state index is 5.71. The van der Waals surface area contributed by atoms with E-state index in [1.54, 1.807) is 14.2 Å². The number of nitrogens with zero attached hydrogens (tertiary/aromatic N) is 1. The van der Waals surface area contributed by atoms with Crippen LogP contribution in [0.25, 0.3) is 11.1 Å². The highest BCUT2D eigenvalue weighted by Gasteiger charge is 2.20. The van der Waals surface area contributed by atoms with Crippen LogP contribution < -0.4 is 10.1 Å². The number of hydrogen-bond donors (Lipinski definition) is 1. The Morgan fingerprint density at radius 1 is 1.33 bits per heavy atom. The van der Waals surface area contributed by atoms with Crippen molar-refractivity contribution in [3.05, 3.63) is 24.1 Å². The van der Waals surface area contributed by atoms with Crippen molar-refractivity contribution in [2.75, 3.05) is 14.2 Å². The molecule has 0 radical (unpaired) electrons. The lowest BCUT2D eigenvalue weighted by Crippen LogP contribution is -2.35. The van der Waals surface area contributed by atoms with Crippen LogP contribution in [-0.2, 0) is 11.3 Å². The summed E-state index contributed by atoms with van der Waals surface area (Å²) in [6.45, 7) is 6.89. The van der Waals surface area contributed by atoms with Crippen LogP contribution >= 0.6 is 0 Å². The number of rotatable bonds is 7. The van der Waals surface area contributed by atoms with Crippen molar-refractivity contribution >= 4 is 11.1 Å². The number of fused-ring (bicyclic) bond motifs is 1. The second-order valence-corrected chi connectivity index (χ2v) is 5.89. The molecule has 21 heavy (non-hydrogen) atoms. The van der Waals surface area contributed by atoms with Crippen molar-refractivity contribution in [1.29, 1.82) is 0 Å². The van der Waals surface area contributed by atoms with E-state index in [2.05, 4.69) is 31.1 Å². The summed E-state index contributed by atoms with van der Waals surface area (Å²) in [6.07, 6.45) is 0.914. The molecule has 1 aromatic carbocycles. The smallest absolute Gasteiger partial charge is 0.209 e. The van der Waals surface area contributed by atoms with Crippen LogP contribution in [0.2, 0.25) is 0 Å². The molecule has 1 unspecified atom stereocenters. The van der Waals surface area contributed by atoms with Crippen LogP contribution in [0.5, 0.6) is 5.75 Å². The predicted octanol–water partition coefficient (Wildman–Crippen LogP) is 3.13. The Kier molecular flexibility index (Phi) is 4.85. The molecule has 0 aliphatic heterocycles. The zero-order valence-electron chi connectivity index (χ0n) is 13.4. The highest BCUT2D eigenvalue weighted by atomic mass is 16.5. The average molecular weight is 292 g/mol. The Morgan fingerprint density at radius 3 is 2.76 bits per heavy atom. The third-order valence-electron chi connectivity index (χ3n) is 3.59. The van der Waals surface area contributed by atoms with Gasteiger partial charge in [0.1, 0.15) is 11.3 Å². The Bertz CT molecular complexity index is 592. The van der Waals surface area contributed by atoms with E-state index in [0.717, 1.165) is 23.3 Å². The zero-order valence-corrected chi connectivity index (χ0v) is 13.4. The molecule has 2 aromatic rings. The van der Waals surface area contributed by atoms with Gasteiger partial charge in [0.25, 0.3) is 0 Å². The molecule has 0 saturated heterocycles. The van der Waals surface area contributed by atoms with Crippen molar-refractivity contribution in [1.82, 2.24) is 10.3 Å². The average Bonchev–Trinajstić information content (AvgIpc) is 2.86. The third kappa shape index (κ3) is 4.19. The number of benzene rings is 1. The van der Waals surface area contributed by atoms with Crippen molar-refractivity contribution in [2.45, 2.75) is 45.4 Å². The van der Waals surface area contributed by atoms with E-state index in [1.165, 1.54) is 0 Å². The lowest BCUT2D eigenvalue weighted by molar-refractivity contribution is 0.00829. The van der Waals surface area contributed by atoms with Crippen LogP contribution in [-0.4, -0.2) is 30.8 Å². The molecular weight excluding hydrogens is 268 g/mol. The number of nitrogens with one attached hydrogen (secondary N) is 1. The first-order chi connectivity index (χ1) is 9.93. The molecule has 0 aliphatic rings. The molecule has 0 saturated carbocycles. The van der Waals surface area contributed by atoms with Gasteiger partial charge in [0.05, 0.1) is 19.3 Å². The van der Waals surface area contributed by atoms with Gasteiger partial charge in [0, 0.05) is 19.2 Å². The van der Waals surface area contributed by atoms with Crippen LogP contribution in [0.1, 0.15) is 33.1 Å². The maximum Gasteiger partial charge on any atom is 0.209 e. The maximum absolute atomic E-state index is 5.71. The molecule has 0 amide bonds. The molecule has 1 aromatic heterocycles. The first-order valence-corrected chi connectivity index (χ1v) is 7.15. The lowest BCUT2D eigenvalue weighted by atomic mass is 10.00. The molecule has 1 N–H and O–H groups in total. The zero-order chi connectivity index (χ0) is 15.5. The Labute approximate surface area is 125 Å². The van der Waals surface area contributed by atoms with E-state index >= 15 is 0 Å². The SMILES string of the molecule is COc1ccc2oc(CNC(C)CC(C)(C)OC)nc2c1. The molecule has 0 bridgehead atoms. The number of oxazole rings is 1. The molecule has 5 heteroatoms. The van der Waals surface area contributed by atoms with Crippen molar-refractivity contribution < 1.29 is 13.9 Å². The molecule has 0 fully saturated rings. The minimum atomic E-state index is -0.138. The first-order valence-electron chi connectivity index (χ1n) is 7.15. The number of methoxy groups -OCH3 is 2. The quantitative estimate of drug-likeness (QED) is 0.849. The van der Waals surface area contributed by atoms with Gasteiger partial charge in [-0.3, -0.25) is 0 Å². The summed E-state index contributed by atoms with van der Waals surface area (Å²) in [5.74, 6) is 1.46. The number of ether oxygens (including phenoxy) is 2. The second kappa shape index (κ2) is 6.45. The standard InChI is InChI=1S/C16H24N2O3/c1-11(9-16(2,3)20-5)17-10-15-18-13-8-12(19-4)6-7-14(13)21-15/h6-8,11,17H,9-10H2,1-5H3. The molecular formula is C16H24N2O3. The van der Waals surface area contributed by atoms with E-state index in [-0.39, 0.29) is 5.60 Å². The number of aromatic nitrogens is 1. The highest BCUT2D eigenvalue weighted by Crippen LogP contribution is 2.21. The van der Waals surface area contributed by atoms with Crippen LogP contribution in [0, 0.1) is 0 Å². The molecule has 2 rings (SSSR count). The fourth-order valence-corrected chi connectivity index (χ4v) is 2.31. The lowest BCUT2D eigenvalue weighted by Gasteiger charge is -2.26. The topological polar surface area (TPSA) is 56.5 Å². The molecule has 1 heterocycles. The summed E-state index contributed by atoms with van der Waals surface area (Å²) in [6, 6.07) is 5.93. The monoisotopic (exact) mass is 292 g/mol. The molecule has 5 nitrogen and oxygen atoms in total. The summed E-state index contributed by atoms with van der Waals surface area (Å²) in [4.78, 5) is 4.47. The minimum Gasteiger partial charge on any atom is -0.497 e. The summed E-state index contributed by atoms with van der Waals surface area (Å²) in [5.41, 5.74) is 1.45. The van der Waals surface area contributed by atoms with Gasteiger partial charge in [-0.25, -0.2) is 4.98 Å². The molecule has 116 valence electrons. The van der Waals surface area contributed by atoms with Crippen molar-refractivity contribution in [2.24, 2.45) is 0 Å². The van der Waals surface area contributed by atoms with Crippen molar-refractivity contribution in [3.63, 3.8) is 0 Å². The van der Waals surface area contributed by atoms with Gasteiger partial charge in [0.2, 0.25) is 5.89 Å². The summed E-state index contributed by atoms with van der Waals surface area (Å²) < 4.78 is 16.3. The summed E-state index contributed by atoms with van der Waals surface area (Å²) >= 11 is 0. The van der Waals surface area contributed by atoms with Gasteiger partial charge in [-0.1, -0.05) is 0 Å². The van der Waals surface area contributed by atoms with Crippen molar-refractivity contribution in [3.8, 4) is 5.75 Å². The van der Waals surface area contributed by atoms with E-state index < -0.39 is 0 Å². The molecule has 0 spiro atoms.